The summed E-state index contributed by atoms with van der Waals surface area (Å²) < 4.78 is 66.1. The Bertz CT molecular complexity index is 1140. The van der Waals surface area contributed by atoms with Crippen LogP contribution in [0.25, 0.3) is 0 Å². The first kappa shape index (κ1) is 21.0. The topological polar surface area (TPSA) is 60.3 Å². The number of amides is 1. The molecule has 0 radical (unpaired) electrons. The number of carbonyl (C=O) groups excluding carboxylic acids is 1. The summed E-state index contributed by atoms with van der Waals surface area (Å²) in [7, 11) is 0. The number of hydrogen-bond donors (Lipinski definition) is 1. The highest BCUT2D eigenvalue weighted by atomic mass is 19.4. The number of aromatic nitrogens is 1. The van der Waals surface area contributed by atoms with Gasteiger partial charge in [-0.05, 0) is 36.4 Å². The average Bonchev–Trinajstić information content (AvgIpc) is 2.69. The fraction of sp³-hybridized carbons (Fsp3) is 0.100. The lowest BCUT2D eigenvalue weighted by atomic mass is 10.1. The highest BCUT2D eigenvalue weighted by molar-refractivity contribution is 6.04. The molecule has 30 heavy (non-hydrogen) atoms. The normalized spacial score (nSPS) is 11.2. The van der Waals surface area contributed by atoms with E-state index in [0.29, 0.717) is 16.9 Å². The van der Waals surface area contributed by atoms with Gasteiger partial charge >= 0.3 is 6.18 Å². The molecule has 2 aromatic carbocycles. The molecule has 3 rings (SSSR count). The van der Waals surface area contributed by atoms with Crippen LogP contribution < -0.4 is 15.7 Å². The van der Waals surface area contributed by atoms with Gasteiger partial charge in [0, 0.05) is 17.4 Å². The monoisotopic (exact) mass is 424 g/mol. The van der Waals surface area contributed by atoms with Crippen molar-refractivity contribution in [3.63, 3.8) is 0 Å². The molecule has 0 atom stereocenters. The Morgan fingerprint density at radius 2 is 1.73 bits per heavy atom. The molecule has 0 saturated heterocycles. The molecule has 0 bridgehead atoms. The lowest BCUT2D eigenvalue weighted by Gasteiger charge is -2.12. The van der Waals surface area contributed by atoms with Crippen molar-refractivity contribution in [2.75, 3.05) is 5.32 Å². The zero-order valence-corrected chi connectivity index (χ0v) is 15.0. The van der Waals surface area contributed by atoms with Crippen molar-refractivity contribution in [2.24, 2.45) is 0 Å². The van der Waals surface area contributed by atoms with Crippen molar-refractivity contribution in [3.8, 4) is 0 Å². The summed E-state index contributed by atoms with van der Waals surface area (Å²) in [6.07, 6.45) is -3.76. The van der Waals surface area contributed by atoms with Gasteiger partial charge in [-0.15, -0.1) is 0 Å². The molecular weight excluding hydrogens is 411 g/mol. The molecule has 0 aliphatic heterocycles. The second-order valence-electron chi connectivity index (χ2n) is 6.06. The zero-order chi connectivity index (χ0) is 21.9. The van der Waals surface area contributed by atoms with E-state index in [2.05, 4.69) is 5.32 Å². The first-order valence-electron chi connectivity index (χ1n) is 8.43. The molecule has 1 amide bonds. The number of hydrogen-bond acceptors (Lipinski definition) is 3. The minimum absolute atomic E-state index is 0.172. The van der Waals surface area contributed by atoms with Crippen molar-refractivity contribution in [3.05, 3.63) is 99.5 Å². The van der Waals surface area contributed by atoms with Gasteiger partial charge in [0.25, 0.3) is 11.5 Å². The number of anilines is 1. The van der Waals surface area contributed by atoms with Gasteiger partial charge in [-0.1, -0.05) is 18.2 Å². The summed E-state index contributed by atoms with van der Waals surface area (Å²) in [6.45, 7) is -0.301. The van der Waals surface area contributed by atoms with E-state index >= 15 is 0 Å². The van der Waals surface area contributed by atoms with Gasteiger partial charge in [-0.3, -0.25) is 9.59 Å². The Hall–Kier alpha value is -3.69. The van der Waals surface area contributed by atoms with E-state index in [1.807, 2.05) is 0 Å². The molecule has 0 aliphatic rings. The fourth-order valence-electron chi connectivity index (χ4n) is 2.52. The predicted octanol–water partition coefficient (Wildman–Crippen LogP) is 4.03. The van der Waals surface area contributed by atoms with Crippen LogP contribution >= 0.6 is 0 Å². The van der Waals surface area contributed by atoms with Crippen LogP contribution in [0.4, 0.5) is 27.6 Å². The molecule has 5 nitrogen and oxygen atoms in total. The standard InChI is InChI=1S/C20H13F5N2O3/c21-16-6-2-1-4-12(16)11-30-27-9-3-5-14(19(27)29)18(28)26-13-7-8-17(22)15(10-13)20(23,24)25/h1-10H,11H2,(H,26,28). The van der Waals surface area contributed by atoms with E-state index in [1.54, 1.807) is 6.07 Å². The highest BCUT2D eigenvalue weighted by Crippen LogP contribution is 2.33. The van der Waals surface area contributed by atoms with E-state index in [0.717, 1.165) is 12.1 Å². The second-order valence-corrected chi connectivity index (χ2v) is 6.06. The molecule has 1 aromatic heterocycles. The Morgan fingerprint density at radius 1 is 1.00 bits per heavy atom. The maximum Gasteiger partial charge on any atom is 0.419 e. The zero-order valence-electron chi connectivity index (χ0n) is 15.0. The van der Waals surface area contributed by atoms with Crippen molar-refractivity contribution < 1.29 is 31.6 Å². The molecule has 0 spiro atoms. The van der Waals surface area contributed by atoms with Crippen LogP contribution in [0.3, 0.4) is 0 Å². The summed E-state index contributed by atoms with van der Waals surface area (Å²) in [5.74, 6) is -3.07. The third kappa shape index (κ3) is 4.65. The van der Waals surface area contributed by atoms with Gasteiger partial charge in [0.15, 0.2) is 0 Å². The van der Waals surface area contributed by atoms with Gasteiger partial charge in [-0.25, -0.2) is 8.78 Å². The van der Waals surface area contributed by atoms with Gasteiger partial charge in [0.05, 0.1) is 5.56 Å². The third-order valence-electron chi connectivity index (χ3n) is 4.01. The minimum atomic E-state index is -4.95. The number of nitrogens with zero attached hydrogens (tertiary/aromatic N) is 1. The maximum absolute atomic E-state index is 13.6. The van der Waals surface area contributed by atoms with E-state index in [-0.39, 0.29) is 17.9 Å². The Morgan fingerprint density at radius 3 is 2.43 bits per heavy atom. The number of halogens is 5. The van der Waals surface area contributed by atoms with E-state index in [9.17, 15) is 31.5 Å². The quantitative estimate of drug-likeness (QED) is 0.630. The van der Waals surface area contributed by atoms with Crippen LogP contribution in [-0.2, 0) is 12.8 Å². The van der Waals surface area contributed by atoms with Gasteiger partial charge in [0.1, 0.15) is 23.8 Å². The average molecular weight is 424 g/mol. The number of carbonyl (C=O) groups is 1. The lowest BCUT2D eigenvalue weighted by Crippen LogP contribution is -2.32. The fourth-order valence-corrected chi connectivity index (χ4v) is 2.52. The van der Waals surface area contributed by atoms with E-state index in [1.165, 1.54) is 30.5 Å². The largest absolute Gasteiger partial charge is 0.419 e. The Kier molecular flexibility index (Phi) is 5.86. The summed E-state index contributed by atoms with van der Waals surface area (Å²) in [5, 5.41) is 2.11. The van der Waals surface area contributed by atoms with Crippen LogP contribution in [0.15, 0.2) is 65.6 Å². The first-order chi connectivity index (χ1) is 14.2. The van der Waals surface area contributed by atoms with E-state index < -0.39 is 40.4 Å². The maximum atomic E-state index is 13.6. The van der Waals surface area contributed by atoms with E-state index in [4.69, 9.17) is 4.84 Å². The smallest absolute Gasteiger partial charge is 0.406 e. The second kappa shape index (κ2) is 8.36. The number of pyridine rings is 1. The van der Waals surface area contributed by atoms with Gasteiger partial charge < -0.3 is 10.2 Å². The highest BCUT2D eigenvalue weighted by Gasteiger charge is 2.34. The number of alkyl halides is 3. The molecule has 0 saturated carbocycles. The van der Waals surface area contributed by atoms with Crippen LogP contribution in [-0.4, -0.2) is 10.6 Å². The van der Waals surface area contributed by atoms with Crippen LogP contribution in [0.2, 0.25) is 0 Å². The number of nitrogens with one attached hydrogen (secondary N) is 1. The Balaban J connectivity index is 1.80. The predicted molar refractivity (Wildman–Crippen MR) is 96.7 cm³/mol. The Labute approximate surface area is 166 Å². The van der Waals surface area contributed by atoms with Gasteiger partial charge in [0.2, 0.25) is 0 Å². The molecule has 156 valence electrons. The molecule has 10 heteroatoms. The molecule has 0 aliphatic carbocycles. The first-order valence-corrected chi connectivity index (χ1v) is 8.43. The lowest BCUT2D eigenvalue weighted by molar-refractivity contribution is -0.139. The number of rotatable bonds is 5. The molecule has 1 heterocycles. The van der Waals surface area contributed by atoms with Crippen molar-refractivity contribution >= 4 is 11.6 Å². The summed E-state index contributed by atoms with van der Waals surface area (Å²) in [4.78, 5) is 30.0. The summed E-state index contributed by atoms with van der Waals surface area (Å²) >= 11 is 0. The molecular formula is C20H13F5N2O3. The number of benzene rings is 2. The van der Waals surface area contributed by atoms with Crippen LogP contribution in [0.1, 0.15) is 21.5 Å². The van der Waals surface area contributed by atoms with Crippen LogP contribution in [0, 0.1) is 11.6 Å². The minimum Gasteiger partial charge on any atom is -0.406 e. The molecule has 3 aromatic rings. The third-order valence-corrected chi connectivity index (χ3v) is 4.01. The molecule has 0 fully saturated rings. The van der Waals surface area contributed by atoms with Gasteiger partial charge in [-0.2, -0.15) is 17.9 Å². The van der Waals surface area contributed by atoms with Crippen LogP contribution in [0.5, 0.6) is 0 Å². The van der Waals surface area contributed by atoms with Crippen molar-refractivity contribution in [1.29, 1.82) is 0 Å². The van der Waals surface area contributed by atoms with Crippen molar-refractivity contribution in [1.82, 2.24) is 4.73 Å². The molecule has 0 unspecified atom stereocenters. The summed E-state index contributed by atoms with van der Waals surface area (Å²) in [6, 6.07) is 10.0. The SMILES string of the molecule is O=C(Nc1ccc(F)c(C(F)(F)F)c1)c1cccn(OCc2ccccc2F)c1=O. The molecule has 1 N–H and O–H groups in total. The summed E-state index contributed by atoms with van der Waals surface area (Å²) in [5.41, 5.74) is -3.09. The van der Waals surface area contributed by atoms with Crippen molar-refractivity contribution in [2.45, 2.75) is 12.8 Å².